The molecule has 0 fully saturated rings. The van der Waals surface area contributed by atoms with Crippen molar-refractivity contribution in [2.75, 3.05) is 31.3 Å². The van der Waals surface area contributed by atoms with Gasteiger partial charge in [-0.3, -0.25) is 52.7 Å². The molecular weight excluding hydrogens is 909 g/mol. The minimum absolute atomic E-state index is 0.0401. The number of carbonyl (C=O) groups excluding carboxylic acids is 9. The lowest BCUT2D eigenvalue weighted by Gasteiger charge is -2.26. The molecule has 0 aliphatic heterocycles. The van der Waals surface area contributed by atoms with Gasteiger partial charge in [0.25, 0.3) is 0 Å². The van der Waals surface area contributed by atoms with Crippen molar-refractivity contribution < 1.29 is 83.1 Å². The summed E-state index contributed by atoms with van der Waals surface area (Å²) in [5.41, 5.74) is 5.60. The van der Waals surface area contributed by atoms with Crippen LogP contribution in [0.2, 0.25) is 0 Å². The van der Waals surface area contributed by atoms with E-state index in [4.69, 9.17) is 15.9 Å². The molecule has 368 valence electrons. The Morgan fingerprint density at radius 3 is 1.28 bits per heavy atom. The largest absolute Gasteiger partial charge is 0.481 e. The number of carbonyl (C=O) groups is 12. The first-order valence-electron chi connectivity index (χ1n) is 19.9. The maximum atomic E-state index is 13.4. The van der Waals surface area contributed by atoms with E-state index in [0.717, 1.165) is 6.92 Å². The van der Waals surface area contributed by atoms with Gasteiger partial charge < -0.3 is 79.1 Å². The summed E-state index contributed by atoms with van der Waals surface area (Å²) < 4.78 is 0. The number of hydrogen-bond donors (Lipinski definition) is 17. The quantitative estimate of drug-likeness (QED) is 0.0287. The second kappa shape index (κ2) is 30.4. The van der Waals surface area contributed by atoms with Gasteiger partial charge in [-0.2, -0.15) is 25.3 Å². The van der Waals surface area contributed by atoms with Gasteiger partial charge in [-0.05, 0) is 39.0 Å². The molecule has 29 heteroatoms. The molecule has 9 atom stereocenters. The average Bonchev–Trinajstić information content (AvgIpc) is 3.23. The van der Waals surface area contributed by atoms with Crippen LogP contribution in [0.5, 0.6) is 0 Å². The number of aliphatic carboxylic acids is 3. The van der Waals surface area contributed by atoms with Crippen molar-refractivity contribution in [1.82, 2.24) is 47.9 Å². The van der Waals surface area contributed by atoms with E-state index in [0.29, 0.717) is 0 Å². The third-order valence-corrected chi connectivity index (χ3v) is 9.57. The minimum atomic E-state index is -1.84. The van der Waals surface area contributed by atoms with E-state index in [-0.39, 0.29) is 23.8 Å². The molecule has 0 aromatic heterocycles. The third kappa shape index (κ3) is 23.1. The van der Waals surface area contributed by atoms with E-state index in [2.05, 4.69) is 73.1 Å². The molecule has 16 N–H and O–H groups in total. The Bertz CT molecular complexity index is 1720. The molecule has 0 unspecified atom stereocenters. The lowest BCUT2D eigenvalue weighted by molar-refractivity contribution is -0.141. The molecule has 0 aromatic rings. The summed E-state index contributed by atoms with van der Waals surface area (Å²) in [5, 5.41) is 67.3. The SMILES string of the molecule is CC(C)C[C@H](NC(=O)[C@H](CO)NC(=O)[C@H](CCC(=O)O)NC(=O)[C@H](CO)NC(=O)[C@H](C)NC(=O)[C@H](CCC(=O)O)NC(=O)[C@@H](N)CS)C(=O)N[C@@H](C)C(=O)NCC(=O)N[C@@H](CS)C(=O)O. The van der Waals surface area contributed by atoms with Crippen molar-refractivity contribution in [3.8, 4) is 0 Å². The lowest BCUT2D eigenvalue weighted by atomic mass is 10.0. The zero-order valence-electron chi connectivity index (χ0n) is 36.0. The first-order valence-corrected chi connectivity index (χ1v) is 21.1. The highest BCUT2D eigenvalue weighted by Crippen LogP contribution is 2.08. The zero-order chi connectivity index (χ0) is 50.1. The van der Waals surface area contributed by atoms with Gasteiger partial charge in [-0.15, -0.1) is 0 Å². The van der Waals surface area contributed by atoms with Crippen LogP contribution in [0.25, 0.3) is 0 Å². The average molecular weight is 969 g/mol. The van der Waals surface area contributed by atoms with Crippen LogP contribution in [0.15, 0.2) is 0 Å². The van der Waals surface area contributed by atoms with E-state index in [1.807, 2.05) is 0 Å². The van der Waals surface area contributed by atoms with Gasteiger partial charge in [0.2, 0.25) is 53.2 Å². The van der Waals surface area contributed by atoms with Gasteiger partial charge in [0.1, 0.15) is 48.3 Å². The van der Waals surface area contributed by atoms with Crippen molar-refractivity contribution in [3.05, 3.63) is 0 Å². The summed E-state index contributed by atoms with van der Waals surface area (Å²) in [6.07, 6.45) is -2.38. The van der Waals surface area contributed by atoms with Crippen LogP contribution in [0.4, 0.5) is 0 Å². The van der Waals surface area contributed by atoms with Crippen molar-refractivity contribution in [3.63, 3.8) is 0 Å². The molecule has 0 saturated carbocycles. The standard InChI is InChI=1S/C36H60N10O17S2/c1-15(2)9-21(33(59)39-16(3)28(54)38-10-25(49)41-24(14-65)36(62)63)44-35(61)23(12-48)46-32(58)20(6-8-27(52)53)43-34(60)22(11-47)45-29(55)17(4)40-31(57)19(5-7-26(50)51)42-30(56)18(37)13-64/h15-24,47-48,64-65H,5-14,37H2,1-4H3,(H,38,54)(H,39,59)(H,40,57)(H,41,49)(H,42,56)(H,43,60)(H,44,61)(H,45,55)(H,46,58)(H,50,51)(H,52,53)(H,62,63)/t16-,17-,18-,19-,20-,21-,22-,23-,24-/m0/s1. The Hall–Kier alpha value is -5.78. The summed E-state index contributed by atoms with van der Waals surface area (Å²) in [6, 6.07) is -13.6. The maximum absolute atomic E-state index is 13.4. The van der Waals surface area contributed by atoms with E-state index < -0.39 is 171 Å². The Morgan fingerprint density at radius 1 is 0.477 bits per heavy atom. The van der Waals surface area contributed by atoms with E-state index in [9.17, 15) is 72.9 Å². The molecule has 0 aliphatic rings. The molecule has 0 rings (SSSR count). The van der Waals surface area contributed by atoms with Crippen molar-refractivity contribution in [2.24, 2.45) is 11.7 Å². The second-order valence-corrected chi connectivity index (χ2v) is 15.5. The topological polar surface area (TPSA) is 440 Å². The summed E-state index contributed by atoms with van der Waals surface area (Å²) in [5.74, 6) is -13.9. The molecule has 0 heterocycles. The van der Waals surface area contributed by atoms with E-state index in [1.165, 1.54) is 6.92 Å². The summed E-state index contributed by atoms with van der Waals surface area (Å²) in [4.78, 5) is 150. The molecule has 9 amide bonds. The Balaban J connectivity index is 5.88. The number of rotatable bonds is 31. The lowest BCUT2D eigenvalue weighted by Crippen LogP contribution is -2.61. The fourth-order valence-corrected chi connectivity index (χ4v) is 5.56. The Labute approximate surface area is 383 Å². The monoisotopic (exact) mass is 968 g/mol. The van der Waals surface area contributed by atoms with Crippen molar-refractivity contribution in [2.45, 2.75) is 114 Å². The van der Waals surface area contributed by atoms with Gasteiger partial charge in [0.05, 0.1) is 25.8 Å². The van der Waals surface area contributed by atoms with Crippen LogP contribution in [-0.2, 0) is 57.5 Å². The fraction of sp³-hybridized carbons (Fsp3) is 0.667. The van der Waals surface area contributed by atoms with Crippen LogP contribution in [0, 0.1) is 5.92 Å². The highest BCUT2D eigenvalue weighted by molar-refractivity contribution is 7.80. The fourth-order valence-electron chi connectivity index (χ4n) is 5.15. The maximum Gasteiger partial charge on any atom is 0.327 e. The summed E-state index contributed by atoms with van der Waals surface area (Å²) >= 11 is 7.71. The molecule has 0 radical (unpaired) electrons. The van der Waals surface area contributed by atoms with E-state index in [1.54, 1.807) is 13.8 Å². The summed E-state index contributed by atoms with van der Waals surface area (Å²) in [6.45, 7) is 2.90. The Morgan fingerprint density at radius 2 is 0.862 bits per heavy atom. The molecule has 0 spiro atoms. The number of thiol groups is 2. The Kier molecular flexibility index (Phi) is 27.7. The highest BCUT2D eigenvalue weighted by atomic mass is 32.1. The van der Waals surface area contributed by atoms with Crippen LogP contribution < -0.4 is 53.6 Å². The molecule has 0 aromatic carbocycles. The molecule has 0 bridgehead atoms. The smallest absolute Gasteiger partial charge is 0.327 e. The minimum Gasteiger partial charge on any atom is -0.481 e. The van der Waals surface area contributed by atoms with Crippen molar-refractivity contribution >= 4 is 96.3 Å². The van der Waals surface area contributed by atoms with Crippen LogP contribution in [0.1, 0.15) is 59.8 Å². The number of aliphatic hydroxyl groups excluding tert-OH is 2. The van der Waals surface area contributed by atoms with Crippen LogP contribution >= 0.6 is 25.3 Å². The molecular formula is C36H60N10O17S2. The summed E-state index contributed by atoms with van der Waals surface area (Å²) in [7, 11) is 0. The number of nitrogens with two attached hydrogens (primary N) is 1. The first kappa shape index (κ1) is 59.2. The van der Waals surface area contributed by atoms with Gasteiger partial charge in [-0.1, -0.05) is 13.8 Å². The van der Waals surface area contributed by atoms with Crippen LogP contribution in [-0.4, -0.2) is 182 Å². The van der Waals surface area contributed by atoms with Crippen LogP contribution in [0.3, 0.4) is 0 Å². The number of hydrogen-bond acceptors (Lipinski definition) is 17. The molecule has 27 nitrogen and oxygen atoms in total. The number of carboxylic acids is 3. The van der Waals surface area contributed by atoms with Gasteiger partial charge in [-0.25, -0.2) is 4.79 Å². The number of carboxylic acid groups (broad SMARTS) is 3. The first-order chi connectivity index (χ1) is 30.3. The number of aliphatic hydroxyl groups is 2. The predicted octanol–water partition coefficient (Wildman–Crippen LogP) is -6.95. The van der Waals surface area contributed by atoms with Gasteiger partial charge in [0, 0.05) is 24.3 Å². The van der Waals surface area contributed by atoms with E-state index >= 15 is 0 Å². The highest BCUT2D eigenvalue weighted by Gasteiger charge is 2.34. The third-order valence-electron chi connectivity index (χ3n) is 8.81. The number of nitrogens with one attached hydrogen (secondary N) is 9. The van der Waals surface area contributed by atoms with Gasteiger partial charge >= 0.3 is 17.9 Å². The number of amides is 9. The molecule has 65 heavy (non-hydrogen) atoms. The molecule has 0 aliphatic carbocycles. The van der Waals surface area contributed by atoms with Crippen molar-refractivity contribution in [1.29, 1.82) is 0 Å². The van der Waals surface area contributed by atoms with Gasteiger partial charge in [0.15, 0.2) is 0 Å². The normalized spacial score (nSPS) is 15.0. The zero-order valence-corrected chi connectivity index (χ0v) is 37.7. The molecule has 0 saturated heterocycles. The predicted molar refractivity (Wildman–Crippen MR) is 230 cm³/mol. The second-order valence-electron chi connectivity index (χ2n) is 14.8.